The maximum absolute atomic E-state index is 13.6. The summed E-state index contributed by atoms with van der Waals surface area (Å²) in [6, 6.07) is 10.6. The molecule has 2 aromatic carbocycles. The fourth-order valence-corrected chi connectivity index (χ4v) is 3.03. The molecule has 0 aromatic heterocycles. The molecule has 2 nitrogen and oxygen atoms in total. The molecule has 0 atom stereocenters. The van der Waals surface area contributed by atoms with Crippen LogP contribution in [0.4, 0.5) is 8.78 Å². The highest BCUT2D eigenvalue weighted by Crippen LogP contribution is 2.20. The van der Waals surface area contributed by atoms with Crippen LogP contribution in [0, 0.1) is 11.6 Å². The zero-order valence-corrected chi connectivity index (χ0v) is 13.9. The highest BCUT2D eigenvalue weighted by molar-refractivity contribution is 7.99. The standard InChI is InChI=1S/C17H16ClF2NOS/c18-15-3-1-4-16(20)14(15)11-17(22)21-9-2-10-23-13-7-5-12(19)6-8-13/h1,3-8H,2,9-11H2,(H,21,22). The summed E-state index contributed by atoms with van der Waals surface area (Å²) >= 11 is 7.48. The lowest BCUT2D eigenvalue weighted by Crippen LogP contribution is -2.26. The molecule has 6 heteroatoms. The highest BCUT2D eigenvalue weighted by atomic mass is 35.5. The van der Waals surface area contributed by atoms with E-state index in [4.69, 9.17) is 11.6 Å². The number of rotatable bonds is 7. The molecule has 0 unspecified atom stereocenters. The van der Waals surface area contributed by atoms with Crippen molar-refractivity contribution < 1.29 is 13.6 Å². The van der Waals surface area contributed by atoms with E-state index in [0.29, 0.717) is 6.54 Å². The van der Waals surface area contributed by atoms with Crippen molar-refractivity contribution in [3.63, 3.8) is 0 Å². The fraction of sp³-hybridized carbons (Fsp3) is 0.235. The Morgan fingerprint density at radius 1 is 1.13 bits per heavy atom. The molecular weight excluding hydrogens is 340 g/mol. The van der Waals surface area contributed by atoms with Crippen LogP contribution in [0.5, 0.6) is 0 Å². The largest absolute Gasteiger partial charge is 0.356 e. The number of nitrogens with one attached hydrogen (secondary N) is 1. The molecule has 0 aliphatic heterocycles. The maximum atomic E-state index is 13.6. The topological polar surface area (TPSA) is 29.1 Å². The van der Waals surface area contributed by atoms with Gasteiger partial charge in [-0.25, -0.2) is 8.78 Å². The Hall–Kier alpha value is -1.59. The van der Waals surface area contributed by atoms with E-state index in [1.54, 1.807) is 30.0 Å². The lowest BCUT2D eigenvalue weighted by molar-refractivity contribution is -0.120. The smallest absolute Gasteiger partial charge is 0.224 e. The van der Waals surface area contributed by atoms with Crippen LogP contribution in [-0.2, 0) is 11.2 Å². The Morgan fingerprint density at radius 3 is 2.57 bits per heavy atom. The van der Waals surface area contributed by atoms with Crippen molar-refractivity contribution in [3.05, 3.63) is 64.7 Å². The molecule has 0 fully saturated rings. The summed E-state index contributed by atoms with van der Waals surface area (Å²) in [5.41, 5.74) is 0.215. The molecule has 0 heterocycles. The number of carbonyl (C=O) groups excluding carboxylic acids is 1. The molecule has 0 saturated carbocycles. The molecule has 0 saturated heterocycles. The number of thioether (sulfide) groups is 1. The first kappa shape index (κ1) is 17.8. The first-order valence-corrected chi connectivity index (χ1v) is 8.50. The Bertz CT molecular complexity index is 644. The molecule has 0 aliphatic carbocycles. The van der Waals surface area contributed by atoms with Gasteiger partial charge >= 0.3 is 0 Å². The second kappa shape index (κ2) is 8.89. The number of hydrogen-bond acceptors (Lipinski definition) is 2. The average molecular weight is 356 g/mol. The van der Waals surface area contributed by atoms with Crippen LogP contribution in [0.2, 0.25) is 5.02 Å². The molecule has 1 amide bonds. The van der Waals surface area contributed by atoms with Crippen molar-refractivity contribution in [1.29, 1.82) is 0 Å². The van der Waals surface area contributed by atoms with Crippen molar-refractivity contribution in [2.24, 2.45) is 0 Å². The van der Waals surface area contributed by atoms with Crippen molar-refractivity contribution in [3.8, 4) is 0 Å². The van der Waals surface area contributed by atoms with Gasteiger partial charge in [-0.05, 0) is 48.6 Å². The molecule has 2 rings (SSSR count). The van der Waals surface area contributed by atoms with Crippen molar-refractivity contribution in [2.45, 2.75) is 17.7 Å². The number of carbonyl (C=O) groups is 1. The third kappa shape index (κ3) is 5.84. The lowest BCUT2D eigenvalue weighted by atomic mass is 10.1. The predicted octanol–water partition coefficient (Wildman–Crippen LogP) is 4.46. The number of benzene rings is 2. The van der Waals surface area contributed by atoms with Crippen LogP contribution in [0.1, 0.15) is 12.0 Å². The molecule has 0 bridgehead atoms. The van der Waals surface area contributed by atoms with Crippen LogP contribution < -0.4 is 5.32 Å². The Kier molecular flexibility index (Phi) is 6.86. The molecule has 0 aliphatic rings. The van der Waals surface area contributed by atoms with Gasteiger partial charge in [-0.2, -0.15) is 0 Å². The number of hydrogen-bond donors (Lipinski definition) is 1. The van der Waals surface area contributed by atoms with Crippen LogP contribution in [-0.4, -0.2) is 18.2 Å². The summed E-state index contributed by atoms with van der Waals surface area (Å²) in [4.78, 5) is 12.8. The van der Waals surface area contributed by atoms with Gasteiger partial charge in [0.1, 0.15) is 11.6 Å². The van der Waals surface area contributed by atoms with E-state index in [9.17, 15) is 13.6 Å². The van der Waals surface area contributed by atoms with Crippen LogP contribution in [0.25, 0.3) is 0 Å². The first-order valence-electron chi connectivity index (χ1n) is 7.14. The molecule has 23 heavy (non-hydrogen) atoms. The van der Waals surface area contributed by atoms with E-state index in [1.165, 1.54) is 24.3 Å². The Morgan fingerprint density at radius 2 is 1.87 bits per heavy atom. The second-order valence-electron chi connectivity index (χ2n) is 4.88. The van der Waals surface area contributed by atoms with Crippen molar-refractivity contribution in [1.82, 2.24) is 5.32 Å². The number of amides is 1. The Balaban J connectivity index is 1.68. The summed E-state index contributed by atoms with van der Waals surface area (Å²) < 4.78 is 26.3. The lowest BCUT2D eigenvalue weighted by Gasteiger charge is -2.07. The summed E-state index contributed by atoms with van der Waals surface area (Å²) in [7, 11) is 0. The van der Waals surface area contributed by atoms with E-state index in [0.717, 1.165) is 17.1 Å². The van der Waals surface area contributed by atoms with Gasteiger partial charge in [0.05, 0.1) is 6.42 Å². The third-order valence-electron chi connectivity index (χ3n) is 3.12. The van der Waals surface area contributed by atoms with E-state index in [-0.39, 0.29) is 28.7 Å². The van der Waals surface area contributed by atoms with Crippen molar-refractivity contribution in [2.75, 3.05) is 12.3 Å². The quantitative estimate of drug-likeness (QED) is 0.587. The minimum atomic E-state index is -0.473. The van der Waals surface area contributed by atoms with Gasteiger partial charge in [0, 0.05) is 22.0 Å². The summed E-state index contributed by atoms with van der Waals surface area (Å²) in [6.45, 7) is 0.499. The second-order valence-corrected chi connectivity index (χ2v) is 6.46. The van der Waals surface area contributed by atoms with Gasteiger partial charge in [0.25, 0.3) is 0 Å². The van der Waals surface area contributed by atoms with Crippen LogP contribution in [0.15, 0.2) is 47.4 Å². The van der Waals surface area contributed by atoms with Gasteiger partial charge in [-0.3, -0.25) is 4.79 Å². The monoisotopic (exact) mass is 355 g/mol. The summed E-state index contributed by atoms with van der Waals surface area (Å²) in [5, 5.41) is 3.00. The van der Waals surface area contributed by atoms with Crippen molar-refractivity contribution >= 4 is 29.3 Å². The average Bonchev–Trinajstić information content (AvgIpc) is 2.52. The molecule has 0 spiro atoms. The molecule has 2 aromatic rings. The minimum absolute atomic E-state index is 0.0728. The maximum Gasteiger partial charge on any atom is 0.224 e. The SMILES string of the molecule is O=C(Cc1c(F)cccc1Cl)NCCCSc1ccc(F)cc1. The van der Waals surface area contributed by atoms with Gasteiger partial charge in [-0.15, -0.1) is 11.8 Å². The van der Waals surface area contributed by atoms with E-state index >= 15 is 0 Å². The fourth-order valence-electron chi connectivity index (χ4n) is 1.95. The zero-order chi connectivity index (χ0) is 16.7. The van der Waals surface area contributed by atoms with E-state index in [2.05, 4.69) is 5.32 Å². The number of halogens is 3. The normalized spacial score (nSPS) is 10.6. The molecule has 0 radical (unpaired) electrons. The molecular formula is C17H16ClF2NOS. The summed E-state index contributed by atoms with van der Waals surface area (Å²) in [5.74, 6) is -0.191. The van der Waals surface area contributed by atoms with Crippen LogP contribution >= 0.6 is 23.4 Å². The van der Waals surface area contributed by atoms with Gasteiger partial charge in [0.15, 0.2) is 0 Å². The van der Waals surface area contributed by atoms with Crippen LogP contribution in [0.3, 0.4) is 0 Å². The van der Waals surface area contributed by atoms with Gasteiger partial charge in [0.2, 0.25) is 5.91 Å². The van der Waals surface area contributed by atoms with Gasteiger partial charge < -0.3 is 5.32 Å². The Labute approximate surface area is 143 Å². The summed E-state index contributed by atoms with van der Waals surface area (Å²) in [6.07, 6.45) is 0.690. The highest BCUT2D eigenvalue weighted by Gasteiger charge is 2.11. The third-order valence-corrected chi connectivity index (χ3v) is 4.58. The first-order chi connectivity index (χ1) is 11.1. The predicted molar refractivity (Wildman–Crippen MR) is 89.9 cm³/mol. The van der Waals surface area contributed by atoms with Gasteiger partial charge in [-0.1, -0.05) is 17.7 Å². The molecule has 122 valence electrons. The van der Waals surface area contributed by atoms with E-state index in [1.807, 2.05) is 0 Å². The van der Waals surface area contributed by atoms with E-state index < -0.39 is 5.82 Å². The molecule has 1 N–H and O–H groups in total. The zero-order valence-electron chi connectivity index (χ0n) is 12.3. The minimum Gasteiger partial charge on any atom is -0.356 e.